The van der Waals surface area contributed by atoms with Crippen LogP contribution >= 0.6 is 0 Å². The standard InChI is InChI=1S/C12H14F2N2O2/c1-16(12(17)7-5-15-6-7)10-3-9(14)11(18-2)4-8(10)13/h3-4,7,15H,5-6H2,1-2H3. The van der Waals surface area contributed by atoms with Crippen LogP contribution in [0.1, 0.15) is 0 Å². The molecule has 1 N–H and O–H groups in total. The maximum Gasteiger partial charge on any atom is 0.232 e. The molecule has 1 aliphatic heterocycles. The molecule has 98 valence electrons. The highest BCUT2D eigenvalue weighted by molar-refractivity contribution is 5.95. The summed E-state index contributed by atoms with van der Waals surface area (Å²) >= 11 is 0. The lowest BCUT2D eigenvalue weighted by Crippen LogP contribution is -2.51. The Hall–Kier alpha value is -1.69. The van der Waals surface area contributed by atoms with Gasteiger partial charge in [-0.25, -0.2) is 8.78 Å². The van der Waals surface area contributed by atoms with Crippen LogP contribution in [-0.4, -0.2) is 33.2 Å². The molecule has 0 spiro atoms. The number of hydrogen-bond donors (Lipinski definition) is 1. The number of benzene rings is 1. The van der Waals surface area contributed by atoms with Crippen molar-refractivity contribution in [2.45, 2.75) is 0 Å². The average molecular weight is 256 g/mol. The van der Waals surface area contributed by atoms with Crippen molar-refractivity contribution in [1.82, 2.24) is 5.32 Å². The number of carbonyl (C=O) groups excluding carboxylic acids is 1. The largest absolute Gasteiger partial charge is 0.494 e. The number of halogens is 2. The predicted octanol–water partition coefficient (Wildman–Crippen LogP) is 1.16. The fraction of sp³-hybridized carbons (Fsp3) is 0.417. The second kappa shape index (κ2) is 4.89. The van der Waals surface area contributed by atoms with Crippen LogP contribution in [0.15, 0.2) is 12.1 Å². The van der Waals surface area contributed by atoms with Gasteiger partial charge in [-0.3, -0.25) is 4.79 Å². The molecule has 4 nitrogen and oxygen atoms in total. The van der Waals surface area contributed by atoms with Crippen molar-refractivity contribution in [2.75, 3.05) is 32.1 Å². The molecule has 1 aromatic carbocycles. The Morgan fingerprint density at radius 2 is 2.06 bits per heavy atom. The Morgan fingerprint density at radius 1 is 1.39 bits per heavy atom. The number of hydrogen-bond acceptors (Lipinski definition) is 3. The number of ether oxygens (including phenoxy) is 1. The van der Waals surface area contributed by atoms with Crippen molar-refractivity contribution in [3.8, 4) is 5.75 Å². The highest BCUT2D eigenvalue weighted by Gasteiger charge is 2.29. The average Bonchev–Trinajstić information content (AvgIpc) is 2.28. The zero-order valence-electron chi connectivity index (χ0n) is 10.2. The van der Waals surface area contributed by atoms with E-state index in [1.165, 1.54) is 14.2 Å². The van der Waals surface area contributed by atoms with Gasteiger partial charge in [0.15, 0.2) is 17.4 Å². The van der Waals surface area contributed by atoms with Crippen LogP contribution < -0.4 is 15.0 Å². The van der Waals surface area contributed by atoms with Gasteiger partial charge in [0.1, 0.15) is 0 Å². The van der Waals surface area contributed by atoms with Gasteiger partial charge < -0.3 is 15.0 Å². The Morgan fingerprint density at radius 3 is 2.56 bits per heavy atom. The summed E-state index contributed by atoms with van der Waals surface area (Å²) in [7, 11) is 2.69. The van der Waals surface area contributed by atoms with Gasteiger partial charge in [-0.1, -0.05) is 0 Å². The van der Waals surface area contributed by atoms with E-state index in [1.807, 2.05) is 0 Å². The maximum atomic E-state index is 13.8. The number of carbonyl (C=O) groups is 1. The SMILES string of the molecule is COc1cc(F)c(N(C)C(=O)C2CNC2)cc1F. The first-order chi connectivity index (χ1) is 8.54. The third-order valence-electron chi connectivity index (χ3n) is 3.04. The topological polar surface area (TPSA) is 41.6 Å². The zero-order valence-corrected chi connectivity index (χ0v) is 10.2. The minimum absolute atomic E-state index is 0.0785. The Bertz CT molecular complexity index is 475. The first kappa shape index (κ1) is 12.8. The summed E-state index contributed by atoms with van der Waals surface area (Å²) in [5.74, 6) is -1.95. The molecule has 1 heterocycles. The molecule has 18 heavy (non-hydrogen) atoms. The number of nitrogens with zero attached hydrogens (tertiary/aromatic N) is 1. The molecule has 0 unspecified atom stereocenters. The predicted molar refractivity (Wildman–Crippen MR) is 62.7 cm³/mol. The molecule has 0 aliphatic carbocycles. The molecule has 0 radical (unpaired) electrons. The second-order valence-corrected chi connectivity index (χ2v) is 4.19. The molecule has 1 aromatic rings. The van der Waals surface area contributed by atoms with Gasteiger partial charge in [0.05, 0.1) is 18.7 Å². The first-order valence-electron chi connectivity index (χ1n) is 5.56. The molecule has 2 rings (SSSR count). The van der Waals surface area contributed by atoms with Crippen LogP contribution in [0.5, 0.6) is 5.75 Å². The minimum Gasteiger partial charge on any atom is -0.494 e. The number of nitrogens with one attached hydrogen (secondary N) is 1. The number of amides is 1. The summed E-state index contributed by atoms with van der Waals surface area (Å²) in [6.45, 7) is 1.15. The van der Waals surface area contributed by atoms with Crippen molar-refractivity contribution in [1.29, 1.82) is 0 Å². The van der Waals surface area contributed by atoms with Crippen LogP contribution in [-0.2, 0) is 4.79 Å². The van der Waals surface area contributed by atoms with Crippen LogP contribution in [0.2, 0.25) is 0 Å². The smallest absolute Gasteiger partial charge is 0.232 e. The normalized spacial score (nSPS) is 15.1. The van der Waals surface area contributed by atoms with E-state index < -0.39 is 11.6 Å². The molecule has 0 bridgehead atoms. The lowest BCUT2D eigenvalue weighted by Gasteiger charge is -2.30. The maximum absolute atomic E-state index is 13.8. The van der Waals surface area contributed by atoms with Crippen LogP contribution in [0.3, 0.4) is 0 Å². The molecular weight excluding hydrogens is 242 g/mol. The Balaban J connectivity index is 2.26. The van der Waals surface area contributed by atoms with E-state index >= 15 is 0 Å². The van der Waals surface area contributed by atoms with Crippen molar-refractivity contribution < 1.29 is 18.3 Å². The summed E-state index contributed by atoms with van der Waals surface area (Å²) in [6.07, 6.45) is 0. The van der Waals surface area contributed by atoms with E-state index in [0.29, 0.717) is 13.1 Å². The zero-order chi connectivity index (χ0) is 13.3. The van der Waals surface area contributed by atoms with E-state index in [9.17, 15) is 13.6 Å². The summed E-state index contributed by atoms with van der Waals surface area (Å²) < 4.78 is 31.9. The highest BCUT2D eigenvalue weighted by Crippen LogP contribution is 2.27. The third-order valence-corrected chi connectivity index (χ3v) is 3.04. The fourth-order valence-corrected chi connectivity index (χ4v) is 1.79. The minimum atomic E-state index is -0.694. The number of anilines is 1. The lowest BCUT2D eigenvalue weighted by atomic mass is 10.0. The van der Waals surface area contributed by atoms with Gasteiger partial charge in [0, 0.05) is 32.3 Å². The number of rotatable bonds is 3. The van der Waals surface area contributed by atoms with E-state index in [-0.39, 0.29) is 23.3 Å². The van der Waals surface area contributed by atoms with Crippen molar-refractivity contribution in [2.24, 2.45) is 5.92 Å². The van der Waals surface area contributed by atoms with Crippen molar-refractivity contribution >= 4 is 11.6 Å². The molecule has 1 saturated heterocycles. The molecule has 1 amide bonds. The quantitative estimate of drug-likeness (QED) is 0.882. The van der Waals surface area contributed by atoms with Crippen LogP contribution in [0, 0.1) is 17.6 Å². The van der Waals surface area contributed by atoms with Crippen molar-refractivity contribution in [3.63, 3.8) is 0 Å². The molecule has 1 fully saturated rings. The van der Waals surface area contributed by atoms with Crippen LogP contribution in [0.25, 0.3) is 0 Å². The summed E-state index contributed by atoms with van der Waals surface area (Å²) in [4.78, 5) is 13.1. The fourth-order valence-electron chi connectivity index (χ4n) is 1.79. The lowest BCUT2D eigenvalue weighted by molar-refractivity contribution is -0.123. The van der Waals surface area contributed by atoms with E-state index in [0.717, 1.165) is 17.0 Å². The van der Waals surface area contributed by atoms with Gasteiger partial charge >= 0.3 is 0 Å². The number of methoxy groups -OCH3 is 1. The molecular formula is C12H14F2N2O2. The van der Waals surface area contributed by atoms with E-state index in [1.54, 1.807) is 0 Å². The molecule has 6 heteroatoms. The van der Waals surface area contributed by atoms with Gasteiger partial charge in [-0.2, -0.15) is 0 Å². The summed E-state index contributed by atoms with van der Waals surface area (Å²) in [5.41, 5.74) is -0.0785. The van der Waals surface area contributed by atoms with Crippen molar-refractivity contribution in [3.05, 3.63) is 23.8 Å². The van der Waals surface area contributed by atoms with Crippen LogP contribution in [0.4, 0.5) is 14.5 Å². The van der Waals surface area contributed by atoms with E-state index in [4.69, 9.17) is 0 Å². The monoisotopic (exact) mass is 256 g/mol. The highest BCUT2D eigenvalue weighted by atomic mass is 19.1. The summed E-state index contributed by atoms with van der Waals surface area (Å²) in [6, 6.07) is 1.91. The summed E-state index contributed by atoms with van der Waals surface area (Å²) in [5, 5.41) is 2.96. The Labute approximate surface area is 104 Å². The first-order valence-corrected chi connectivity index (χ1v) is 5.56. The van der Waals surface area contributed by atoms with Gasteiger partial charge in [-0.05, 0) is 0 Å². The van der Waals surface area contributed by atoms with Gasteiger partial charge in [0.25, 0.3) is 0 Å². The van der Waals surface area contributed by atoms with Gasteiger partial charge in [-0.15, -0.1) is 0 Å². The third kappa shape index (κ3) is 2.15. The molecule has 0 aromatic heterocycles. The molecule has 1 aliphatic rings. The Kier molecular flexibility index (Phi) is 3.47. The second-order valence-electron chi connectivity index (χ2n) is 4.19. The van der Waals surface area contributed by atoms with Gasteiger partial charge in [0.2, 0.25) is 5.91 Å². The molecule has 0 saturated carbocycles. The molecule has 0 atom stereocenters. The van der Waals surface area contributed by atoms with E-state index in [2.05, 4.69) is 10.1 Å².